The minimum atomic E-state index is -1.39. The lowest BCUT2D eigenvalue weighted by Crippen LogP contribution is -2.05. The predicted octanol–water partition coefficient (Wildman–Crippen LogP) is 3.30. The summed E-state index contributed by atoms with van der Waals surface area (Å²) in [7, 11) is 0. The number of nitrogens with one attached hydrogen (secondary N) is 1. The summed E-state index contributed by atoms with van der Waals surface area (Å²) in [4.78, 5) is 10.8. The van der Waals surface area contributed by atoms with Gasteiger partial charge in [0.15, 0.2) is 0 Å². The van der Waals surface area contributed by atoms with Crippen molar-refractivity contribution in [3.05, 3.63) is 53.1 Å². The van der Waals surface area contributed by atoms with Crippen molar-refractivity contribution in [1.29, 1.82) is 0 Å². The number of carboxylic acids is 1. The summed E-state index contributed by atoms with van der Waals surface area (Å²) in [5.74, 6) is -2.67. The van der Waals surface area contributed by atoms with Gasteiger partial charge in [0.1, 0.15) is 11.6 Å². The third kappa shape index (κ3) is 2.69. The zero-order valence-corrected chi connectivity index (χ0v) is 10.6. The summed E-state index contributed by atoms with van der Waals surface area (Å²) in [5.41, 5.74) is 6.68. The number of rotatable bonds is 3. The average Bonchev–Trinajstić information content (AvgIpc) is 2.36. The maximum absolute atomic E-state index is 13.6. The van der Waals surface area contributed by atoms with Gasteiger partial charge < -0.3 is 16.2 Å². The fourth-order valence-electron chi connectivity index (χ4n) is 1.77. The normalized spacial score (nSPS) is 10.3. The number of aromatic carboxylic acids is 1. The van der Waals surface area contributed by atoms with Crippen LogP contribution < -0.4 is 11.1 Å². The first kappa shape index (κ1) is 13.8. The Bertz CT molecular complexity index is 687. The van der Waals surface area contributed by atoms with Crippen molar-refractivity contribution in [3.63, 3.8) is 0 Å². The van der Waals surface area contributed by atoms with Crippen molar-refractivity contribution in [1.82, 2.24) is 0 Å². The molecule has 0 aliphatic carbocycles. The van der Waals surface area contributed by atoms with Gasteiger partial charge in [-0.1, -0.05) is 0 Å². The van der Waals surface area contributed by atoms with Crippen LogP contribution in [0.5, 0.6) is 0 Å². The molecule has 4 N–H and O–H groups in total. The maximum Gasteiger partial charge on any atom is 0.338 e. The SMILES string of the molecule is Cc1cc(F)ccc1Nc1cc(F)c(C(=O)O)cc1N. The average molecular weight is 278 g/mol. The second-order valence-electron chi connectivity index (χ2n) is 4.31. The fourth-order valence-corrected chi connectivity index (χ4v) is 1.77. The van der Waals surface area contributed by atoms with Gasteiger partial charge in [0.25, 0.3) is 0 Å². The van der Waals surface area contributed by atoms with E-state index in [1.807, 2.05) is 0 Å². The second kappa shape index (κ2) is 5.16. The van der Waals surface area contributed by atoms with Crippen LogP contribution in [0, 0.1) is 18.6 Å². The summed E-state index contributed by atoms with van der Waals surface area (Å²) < 4.78 is 26.6. The molecule has 2 rings (SSSR count). The van der Waals surface area contributed by atoms with Crippen molar-refractivity contribution >= 4 is 23.0 Å². The van der Waals surface area contributed by atoms with E-state index in [2.05, 4.69) is 5.32 Å². The van der Waals surface area contributed by atoms with Gasteiger partial charge in [-0.2, -0.15) is 0 Å². The molecule has 0 saturated carbocycles. The number of hydrogen-bond donors (Lipinski definition) is 3. The molecule has 0 aromatic heterocycles. The quantitative estimate of drug-likeness (QED) is 0.753. The first-order valence-corrected chi connectivity index (χ1v) is 5.74. The molecule has 4 nitrogen and oxygen atoms in total. The highest BCUT2D eigenvalue weighted by molar-refractivity contribution is 5.91. The fraction of sp³-hybridized carbons (Fsp3) is 0.0714. The van der Waals surface area contributed by atoms with E-state index < -0.39 is 17.3 Å². The Morgan fingerprint density at radius 1 is 1.20 bits per heavy atom. The van der Waals surface area contributed by atoms with Crippen LogP contribution in [0.25, 0.3) is 0 Å². The Labute approximate surface area is 113 Å². The molecule has 0 amide bonds. The van der Waals surface area contributed by atoms with Gasteiger partial charge in [-0.15, -0.1) is 0 Å². The molecular formula is C14H12F2N2O2. The predicted molar refractivity (Wildman–Crippen MR) is 72.2 cm³/mol. The molecule has 0 aliphatic heterocycles. The van der Waals surface area contributed by atoms with Crippen LogP contribution in [0.2, 0.25) is 0 Å². The van der Waals surface area contributed by atoms with Gasteiger partial charge in [0.2, 0.25) is 0 Å². The smallest absolute Gasteiger partial charge is 0.338 e. The molecule has 0 saturated heterocycles. The Morgan fingerprint density at radius 3 is 2.50 bits per heavy atom. The Hall–Kier alpha value is -2.63. The Balaban J connectivity index is 2.39. The first-order valence-electron chi connectivity index (χ1n) is 5.74. The lowest BCUT2D eigenvalue weighted by molar-refractivity contribution is 0.0692. The molecule has 0 unspecified atom stereocenters. The minimum absolute atomic E-state index is 0.0903. The van der Waals surface area contributed by atoms with E-state index in [4.69, 9.17) is 10.8 Å². The van der Waals surface area contributed by atoms with E-state index in [0.29, 0.717) is 11.3 Å². The number of nitrogen functional groups attached to an aromatic ring is 1. The van der Waals surface area contributed by atoms with Crippen LogP contribution >= 0.6 is 0 Å². The first-order chi connectivity index (χ1) is 9.38. The van der Waals surface area contributed by atoms with Crippen molar-refractivity contribution in [3.8, 4) is 0 Å². The molecule has 0 fully saturated rings. The summed E-state index contributed by atoms with van der Waals surface area (Å²) >= 11 is 0. The van der Waals surface area contributed by atoms with Crippen molar-refractivity contribution in [2.24, 2.45) is 0 Å². The molecule has 104 valence electrons. The van der Waals surface area contributed by atoms with Crippen LogP contribution in [0.1, 0.15) is 15.9 Å². The number of nitrogens with two attached hydrogens (primary N) is 1. The van der Waals surface area contributed by atoms with Gasteiger partial charge in [0, 0.05) is 11.8 Å². The largest absolute Gasteiger partial charge is 0.478 e. The molecule has 20 heavy (non-hydrogen) atoms. The molecule has 0 bridgehead atoms. The molecule has 6 heteroatoms. The monoisotopic (exact) mass is 278 g/mol. The van der Waals surface area contributed by atoms with E-state index in [9.17, 15) is 13.6 Å². The number of carbonyl (C=O) groups is 1. The second-order valence-corrected chi connectivity index (χ2v) is 4.31. The van der Waals surface area contributed by atoms with Crippen molar-refractivity contribution < 1.29 is 18.7 Å². The molecule has 0 atom stereocenters. The Morgan fingerprint density at radius 2 is 1.90 bits per heavy atom. The van der Waals surface area contributed by atoms with E-state index in [1.165, 1.54) is 18.2 Å². The summed E-state index contributed by atoms with van der Waals surface area (Å²) in [5, 5.41) is 11.6. The molecule has 2 aromatic carbocycles. The van der Waals surface area contributed by atoms with Crippen LogP contribution in [0.3, 0.4) is 0 Å². The lowest BCUT2D eigenvalue weighted by Gasteiger charge is -2.13. The van der Waals surface area contributed by atoms with E-state index in [1.54, 1.807) is 6.92 Å². The highest BCUT2D eigenvalue weighted by Crippen LogP contribution is 2.28. The van der Waals surface area contributed by atoms with Gasteiger partial charge in [-0.25, -0.2) is 13.6 Å². The van der Waals surface area contributed by atoms with E-state index in [0.717, 1.165) is 12.1 Å². The van der Waals surface area contributed by atoms with Crippen LogP contribution in [-0.4, -0.2) is 11.1 Å². The molecule has 0 radical (unpaired) electrons. The third-order valence-electron chi connectivity index (χ3n) is 2.83. The standard InChI is InChI=1S/C14H12F2N2O2/c1-7-4-8(15)2-3-12(7)18-13-6-10(16)9(14(19)20)5-11(13)17/h2-6,18H,17H2,1H3,(H,19,20). The molecule has 0 aliphatic rings. The zero-order valence-electron chi connectivity index (χ0n) is 10.6. The number of aryl methyl sites for hydroxylation is 1. The summed E-state index contributed by atoms with van der Waals surface area (Å²) in [6.07, 6.45) is 0. The lowest BCUT2D eigenvalue weighted by atomic mass is 10.1. The number of halogens is 2. The van der Waals surface area contributed by atoms with Crippen LogP contribution in [-0.2, 0) is 0 Å². The summed E-state index contributed by atoms with van der Waals surface area (Å²) in [6.45, 7) is 1.68. The minimum Gasteiger partial charge on any atom is -0.478 e. The van der Waals surface area contributed by atoms with E-state index in [-0.39, 0.29) is 17.2 Å². The maximum atomic E-state index is 13.6. The highest BCUT2D eigenvalue weighted by Gasteiger charge is 2.14. The number of hydrogen-bond acceptors (Lipinski definition) is 3. The van der Waals surface area contributed by atoms with Gasteiger partial charge in [-0.05, 0) is 36.8 Å². The zero-order chi connectivity index (χ0) is 14.9. The Kier molecular flexibility index (Phi) is 3.56. The summed E-state index contributed by atoms with van der Waals surface area (Å²) in [6, 6.07) is 6.11. The van der Waals surface area contributed by atoms with Crippen molar-refractivity contribution in [2.75, 3.05) is 11.1 Å². The number of anilines is 3. The molecule has 2 aromatic rings. The number of benzene rings is 2. The molecule has 0 heterocycles. The van der Waals surface area contributed by atoms with E-state index >= 15 is 0 Å². The van der Waals surface area contributed by atoms with Crippen LogP contribution in [0.4, 0.5) is 25.8 Å². The van der Waals surface area contributed by atoms with Crippen LogP contribution in [0.15, 0.2) is 30.3 Å². The van der Waals surface area contributed by atoms with Gasteiger partial charge in [-0.3, -0.25) is 0 Å². The molecular weight excluding hydrogens is 266 g/mol. The van der Waals surface area contributed by atoms with Gasteiger partial charge in [0.05, 0.1) is 16.9 Å². The highest BCUT2D eigenvalue weighted by atomic mass is 19.1. The third-order valence-corrected chi connectivity index (χ3v) is 2.83. The topological polar surface area (TPSA) is 75.3 Å². The molecule has 0 spiro atoms. The van der Waals surface area contributed by atoms with Crippen molar-refractivity contribution in [2.45, 2.75) is 6.92 Å². The number of carboxylic acid groups (broad SMARTS) is 1. The van der Waals surface area contributed by atoms with Gasteiger partial charge >= 0.3 is 5.97 Å².